The third-order valence-electron chi connectivity index (χ3n) is 3.99. The van der Waals surface area contributed by atoms with Gasteiger partial charge in [-0.2, -0.15) is 0 Å². The van der Waals surface area contributed by atoms with Gasteiger partial charge in [0, 0.05) is 29.8 Å². The van der Waals surface area contributed by atoms with Crippen LogP contribution in [0.15, 0.2) is 35.8 Å². The smallest absolute Gasteiger partial charge is 0.236 e. The lowest BCUT2D eigenvalue weighted by Crippen LogP contribution is -2.14. The van der Waals surface area contributed by atoms with Crippen molar-refractivity contribution in [1.29, 1.82) is 0 Å². The number of nitrogens with zero attached hydrogens (tertiary/aromatic N) is 4. The van der Waals surface area contributed by atoms with Crippen molar-refractivity contribution < 1.29 is 4.79 Å². The fourth-order valence-electron chi connectivity index (χ4n) is 2.99. The van der Waals surface area contributed by atoms with Crippen molar-refractivity contribution in [3.05, 3.63) is 41.9 Å². The van der Waals surface area contributed by atoms with E-state index in [1.165, 1.54) is 11.8 Å². The molecule has 0 unspecified atom stereocenters. The van der Waals surface area contributed by atoms with Gasteiger partial charge in [-0.15, -0.1) is 0 Å². The second kappa shape index (κ2) is 5.31. The molecule has 3 aromatic heterocycles. The van der Waals surface area contributed by atoms with Gasteiger partial charge in [-0.1, -0.05) is 17.8 Å². The standard InChI is InChI=1S/C17H14N4OS/c1-10-6-8-18-16-14(10)15(11-7-9-19-17(20-11)23-2)12-4-3-5-13(22)21(12)16/h3-4,6-9H,5H2,1-2H3. The van der Waals surface area contributed by atoms with Crippen molar-refractivity contribution in [3.8, 4) is 11.3 Å². The first-order chi connectivity index (χ1) is 11.2. The van der Waals surface area contributed by atoms with Crippen LogP contribution in [-0.4, -0.2) is 31.7 Å². The maximum absolute atomic E-state index is 12.4. The molecular weight excluding hydrogens is 308 g/mol. The molecule has 0 fully saturated rings. The van der Waals surface area contributed by atoms with Gasteiger partial charge in [-0.05, 0) is 37.0 Å². The van der Waals surface area contributed by atoms with E-state index < -0.39 is 0 Å². The Morgan fingerprint density at radius 1 is 1.22 bits per heavy atom. The highest BCUT2D eigenvalue weighted by Gasteiger charge is 2.25. The number of aryl methyl sites for hydroxylation is 1. The minimum Gasteiger partial charge on any atom is -0.274 e. The lowest BCUT2D eigenvalue weighted by Gasteiger charge is -2.10. The number of carbonyl (C=O) groups is 1. The molecule has 114 valence electrons. The van der Waals surface area contributed by atoms with Crippen LogP contribution in [-0.2, 0) is 0 Å². The molecule has 0 spiro atoms. The minimum absolute atomic E-state index is 0.0380. The van der Waals surface area contributed by atoms with Crippen LogP contribution in [0.4, 0.5) is 0 Å². The zero-order valence-corrected chi connectivity index (χ0v) is 13.6. The molecule has 6 heteroatoms. The third-order valence-corrected chi connectivity index (χ3v) is 4.55. The maximum Gasteiger partial charge on any atom is 0.236 e. The summed E-state index contributed by atoms with van der Waals surface area (Å²) in [5.74, 6) is 0.0380. The van der Waals surface area contributed by atoms with Crippen LogP contribution in [0.1, 0.15) is 22.5 Å². The molecule has 0 N–H and O–H groups in total. The highest BCUT2D eigenvalue weighted by molar-refractivity contribution is 7.98. The fourth-order valence-corrected chi connectivity index (χ4v) is 3.34. The Kier molecular flexibility index (Phi) is 3.27. The van der Waals surface area contributed by atoms with Gasteiger partial charge in [-0.3, -0.25) is 9.36 Å². The Morgan fingerprint density at radius 3 is 2.87 bits per heavy atom. The molecule has 3 aromatic rings. The average Bonchev–Trinajstić information content (AvgIpc) is 2.92. The zero-order valence-electron chi connectivity index (χ0n) is 12.8. The Balaban J connectivity index is 2.14. The Labute approximate surface area is 137 Å². The first kappa shape index (κ1) is 14.1. The monoisotopic (exact) mass is 322 g/mol. The van der Waals surface area contributed by atoms with E-state index in [4.69, 9.17) is 0 Å². The maximum atomic E-state index is 12.4. The van der Waals surface area contributed by atoms with Crippen molar-refractivity contribution in [2.24, 2.45) is 0 Å². The molecule has 0 radical (unpaired) electrons. The van der Waals surface area contributed by atoms with E-state index >= 15 is 0 Å². The summed E-state index contributed by atoms with van der Waals surface area (Å²) >= 11 is 1.50. The predicted octanol–water partition coefficient (Wildman–Crippen LogP) is 3.58. The van der Waals surface area contributed by atoms with Crippen LogP contribution in [0, 0.1) is 6.92 Å². The summed E-state index contributed by atoms with van der Waals surface area (Å²) < 4.78 is 1.71. The Hall–Kier alpha value is -2.47. The molecule has 1 aliphatic heterocycles. The van der Waals surface area contributed by atoms with Crippen LogP contribution >= 0.6 is 11.8 Å². The van der Waals surface area contributed by atoms with Gasteiger partial charge in [0.15, 0.2) is 5.16 Å². The number of pyridine rings is 1. The number of hydrogen-bond acceptors (Lipinski definition) is 5. The van der Waals surface area contributed by atoms with Crippen LogP contribution in [0.5, 0.6) is 0 Å². The number of fused-ring (bicyclic) bond motifs is 3. The summed E-state index contributed by atoms with van der Waals surface area (Å²) in [4.78, 5) is 25.7. The van der Waals surface area contributed by atoms with Crippen LogP contribution in [0.3, 0.4) is 0 Å². The molecule has 4 heterocycles. The summed E-state index contributed by atoms with van der Waals surface area (Å²) in [6.07, 6.45) is 9.72. The molecule has 0 saturated carbocycles. The van der Waals surface area contributed by atoms with Gasteiger partial charge >= 0.3 is 0 Å². The predicted molar refractivity (Wildman–Crippen MR) is 91.6 cm³/mol. The van der Waals surface area contributed by atoms with Gasteiger partial charge in [0.25, 0.3) is 0 Å². The third kappa shape index (κ3) is 2.09. The zero-order chi connectivity index (χ0) is 16.0. The van der Waals surface area contributed by atoms with E-state index in [-0.39, 0.29) is 5.91 Å². The number of allylic oxidation sites excluding steroid dienone is 1. The Bertz CT molecular complexity index is 974. The van der Waals surface area contributed by atoms with Crippen molar-refractivity contribution in [3.63, 3.8) is 0 Å². The molecule has 0 atom stereocenters. The lowest BCUT2D eigenvalue weighted by atomic mass is 10.0. The first-order valence-corrected chi connectivity index (χ1v) is 8.50. The second-order valence-electron chi connectivity index (χ2n) is 5.35. The number of hydrogen-bond donors (Lipinski definition) is 0. The molecule has 23 heavy (non-hydrogen) atoms. The summed E-state index contributed by atoms with van der Waals surface area (Å²) in [5, 5.41) is 1.69. The van der Waals surface area contributed by atoms with E-state index in [0.29, 0.717) is 17.2 Å². The number of rotatable bonds is 2. The Morgan fingerprint density at radius 2 is 2.04 bits per heavy atom. The van der Waals surface area contributed by atoms with E-state index in [0.717, 1.165) is 27.9 Å². The summed E-state index contributed by atoms with van der Waals surface area (Å²) in [7, 11) is 0. The van der Waals surface area contributed by atoms with Crippen molar-refractivity contribution in [2.75, 3.05) is 6.26 Å². The summed E-state index contributed by atoms with van der Waals surface area (Å²) in [6, 6.07) is 3.84. The minimum atomic E-state index is 0.0380. The average molecular weight is 322 g/mol. The van der Waals surface area contributed by atoms with E-state index in [9.17, 15) is 4.79 Å². The number of aromatic nitrogens is 4. The SMILES string of the molecule is CSc1nccc(-c2c3n(c4nccc(C)c24)C(=O)CC=C3)n1. The molecule has 0 aliphatic carbocycles. The number of thioether (sulfide) groups is 1. The normalized spacial score (nSPS) is 13.6. The van der Waals surface area contributed by atoms with E-state index in [1.807, 2.05) is 37.5 Å². The molecule has 0 aromatic carbocycles. The summed E-state index contributed by atoms with van der Waals surface area (Å²) in [5.41, 5.74) is 4.40. The van der Waals surface area contributed by atoms with Gasteiger partial charge < -0.3 is 0 Å². The van der Waals surface area contributed by atoms with Crippen LogP contribution in [0.2, 0.25) is 0 Å². The van der Waals surface area contributed by atoms with Gasteiger partial charge in [0.2, 0.25) is 5.91 Å². The summed E-state index contributed by atoms with van der Waals surface area (Å²) in [6.45, 7) is 2.03. The highest BCUT2D eigenvalue weighted by Crippen LogP contribution is 2.37. The van der Waals surface area contributed by atoms with Crippen molar-refractivity contribution in [2.45, 2.75) is 18.5 Å². The van der Waals surface area contributed by atoms with E-state index in [1.54, 1.807) is 17.0 Å². The molecule has 4 rings (SSSR count). The lowest BCUT2D eigenvalue weighted by molar-refractivity contribution is 0.0919. The molecule has 0 amide bonds. The first-order valence-electron chi connectivity index (χ1n) is 7.28. The quantitative estimate of drug-likeness (QED) is 0.533. The van der Waals surface area contributed by atoms with Gasteiger partial charge in [0.05, 0.1) is 11.4 Å². The second-order valence-corrected chi connectivity index (χ2v) is 6.12. The molecule has 0 saturated heterocycles. The fraction of sp³-hybridized carbons (Fsp3) is 0.176. The largest absolute Gasteiger partial charge is 0.274 e. The van der Waals surface area contributed by atoms with Gasteiger partial charge in [0.1, 0.15) is 5.65 Å². The van der Waals surface area contributed by atoms with Gasteiger partial charge in [-0.25, -0.2) is 15.0 Å². The van der Waals surface area contributed by atoms with E-state index in [2.05, 4.69) is 15.0 Å². The molecule has 1 aliphatic rings. The van der Waals surface area contributed by atoms with Crippen molar-refractivity contribution >= 4 is 34.8 Å². The van der Waals surface area contributed by atoms with Crippen molar-refractivity contribution in [1.82, 2.24) is 19.5 Å². The highest BCUT2D eigenvalue weighted by atomic mass is 32.2. The van der Waals surface area contributed by atoms with Crippen LogP contribution < -0.4 is 0 Å². The molecule has 0 bridgehead atoms. The molecule has 5 nitrogen and oxygen atoms in total. The topological polar surface area (TPSA) is 60.7 Å². The van der Waals surface area contributed by atoms with Crippen LogP contribution in [0.25, 0.3) is 28.4 Å². The molecular formula is C17H14N4OS. The number of carbonyl (C=O) groups excluding carboxylic acids is 1.